The highest BCUT2D eigenvalue weighted by molar-refractivity contribution is 7.89. The number of carboxylic acids is 1. The van der Waals surface area contributed by atoms with Gasteiger partial charge in [-0.3, -0.25) is 4.79 Å². The van der Waals surface area contributed by atoms with Crippen LogP contribution in [0.2, 0.25) is 0 Å². The number of hydrogen-bond acceptors (Lipinski definition) is 5. The summed E-state index contributed by atoms with van der Waals surface area (Å²) in [5.41, 5.74) is 4.82. The minimum Gasteiger partial charge on any atom is -0.480 e. The average Bonchev–Trinajstić information content (AvgIpc) is 2.21. The van der Waals surface area contributed by atoms with Crippen LogP contribution in [0.15, 0.2) is 0 Å². The van der Waals surface area contributed by atoms with Gasteiger partial charge >= 0.3 is 12.0 Å². The van der Waals surface area contributed by atoms with E-state index in [4.69, 9.17) is 16.0 Å². The summed E-state index contributed by atoms with van der Waals surface area (Å²) >= 11 is 0. The molecule has 7 N–H and O–H groups in total. The summed E-state index contributed by atoms with van der Waals surface area (Å²) in [4.78, 5) is 32.5. The zero-order valence-corrected chi connectivity index (χ0v) is 10.8. The van der Waals surface area contributed by atoms with Gasteiger partial charge in [0.2, 0.25) is 15.9 Å². The van der Waals surface area contributed by atoms with Crippen molar-refractivity contribution in [3.63, 3.8) is 0 Å². The van der Waals surface area contributed by atoms with E-state index in [-0.39, 0.29) is 18.7 Å². The van der Waals surface area contributed by atoms with Crippen LogP contribution in [-0.2, 0) is 19.6 Å². The maximum absolute atomic E-state index is 11.2. The van der Waals surface area contributed by atoms with E-state index in [1.54, 1.807) is 0 Å². The zero-order valence-electron chi connectivity index (χ0n) is 9.96. The topological polar surface area (TPSA) is 182 Å². The molecule has 0 aromatic rings. The van der Waals surface area contributed by atoms with Crippen LogP contribution in [0.4, 0.5) is 4.79 Å². The quantitative estimate of drug-likeness (QED) is 0.303. The molecule has 19 heavy (non-hydrogen) atoms. The molecule has 0 spiro atoms. The fourth-order valence-electron chi connectivity index (χ4n) is 1.09. The Hall–Kier alpha value is -1.88. The molecule has 0 radical (unpaired) electrons. The second kappa shape index (κ2) is 7.53. The van der Waals surface area contributed by atoms with E-state index >= 15 is 0 Å². The molecule has 1 atom stereocenters. The number of amides is 3. The highest BCUT2D eigenvalue weighted by Gasteiger charge is 2.21. The summed E-state index contributed by atoms with van der Waals surface area (Å²) in [7, 11) is -3.60. The van der Waals surface area contributed by atoms with Gasteiger partial charge < -0.3 is 21.5 Å². The fourth-order valence-corrected chi connectivity index (χ4v) is 1.63. The van der Waals surface area contributed by atoms with Gasteiger partial charge in [-0.2, -0.15) is 0 Å². The molecule has 11 heteroatoms. The molecule has 0 aliphatic carbocycles. The van der Waals surface area contributed by atoms with E-state index < -0.39 is 40.4 Å². The molecular weight excluding hydrogens is 280 g/mol. The van der Waals surface area contributed by atoms with Crippen LogP contribution < -0.4 is 21.5 Å². The fraction of sp³-hybridized carbons (Fsp3) is 0.625. The van der Waals surface area contributed by atoms with Crippen molar-refractivity contribution in [1.29, 1.82) is 0 Å². The summed E-state index contributed by atoms with van der Waals surface area (Å²) in [6.07, 6.45) is -0.459. The number of hydrogen-bond donors (Lipinski definition) is 5. The molecule has 0 saturated carbocycles. The molecule has 0 bridgehead atoms. The number of aliphatic carboxylic acids is 1. The maximum Gasteiger partial charge on any atom is 0.326 e. The Bertz CT molecular complexity index is 448. The smallest absolute Gasteiger partial charge is 0.326 e. The second-order valence-electron chi connectivity index (χ2n) is 3.68. The lowest BCUT2D eigenvalue weighted by Crippen LogP contribution is -2.48. The van der Waals surface area contributed by atoms with Crippen molar-refractivity contribution in [2.24, 2.45) is 10.9 Å². The highest BCUT2D eigenvalue weighted by Crippen LogP contribution is 1.91. The zero-order chi connectivity index (χ0) is 15.1. The van der Waals surface area contributed by atoms with Gasteiger partial charge in [-0.1, -0.05) is 0 Å². The van der Waals surface area contributed by atoms with Gasteiger partial charge in [0.25, 0.3) is 0 Å². The van der Waals surface area contributed by atoms with Crippen LogP contribution >= 0.6 is 0 Å². The normalized spacial score (nSPS) is 12.5. The van der Waals surface area contributed by atoms with Crippen LogP contribution in [0.25, 0.3) is 0 Å². The number of carbonyl (C=O) groups excluding carboxylic acids is 2. The molecule has 0 aliphatic heterocycles. The van der Waals surface area contributed by atoms with Crippen molar-refractivity contribution >= 4 is 27.9 Å². The first kappa shape index (κ1) is 17.1. The van der Waals surface area contributed by atoms with E-state index in [9.17, 15) is 22.8 Å². The molecule has 0 saturated heterocycles. The molecule has 0 aliphatic rings. The minimum absolute atomic E-state index is 0.00876. The summed E-state index contributed by atoms with van der Waals surface area (Å²) in [5.74, 6) is -2.59. The van der Waals surface area contributed by atoms with Crippen molar-refractivity contribution in [2.45, 2.75) is 18.9 Å². The van der Waals surface area contributed by atoms with Crippen LogP contribution in [0.5, 0.6) is 0 Å². The largest absolute Gasteiger partial charge is 0.480 e. The Morgan fingerprint density at radius 2 is 1.84 bits per heavy atom. The number of primary sulfonamides is 1. The number of nitrogens with two attached hydrogens (primary N) is 2. The van der Waals surface area contributed by atoms with E-state index in [0.29, 0.717) is 0 Å². The lowest BCUT2D eigenvalue weighted by atomic mass is 10.2. The summed E-state index contributed by atoms with van der Waals surface area (Å²) < 4.78 is 21.2. The number of carboxylic acid groups (broad SMARTS) is 1. The molecule has 0 fully saturated rings. The number of urea groups is 1. The highest BCUT2D eigenvalue weighted by atomic mass is 32.2. The van der Waals surface area contributed by atoms with Crippen molar-refractivity contribution < 1.29 is 27.9 Å². The van der Waals surface area contributed by atoms with Crippen LogP contribution in [0, 0.1) is 0 Å². The van der Waals surface area contributed by atoms with Crippen molar-refractivity contribution in [1.82, 2.24) is 10.6 Å². The number of carbonyl (C=O) groups is 3. The number of rotatable bonds is 8. The van der Waals surface area contributed by atoms with E-state index in [0.717, 1.165) is 0 Å². The second-order valence-corrected chi connectivity index (χ2v) is 5.42. The third kappa shape index (κ3) is 9.79. The lowest BCUT2D eigenvalue weighted by molar-refractivity contribution is -0.140. The Balaban J connectivity index is 4.07. The molecule has 0 aromatic heterocycles. The van der Waals surface area contributed by atoms with Gasteiger partial charge in [-0.25, -0.2) is 23.1 Å². The first-order valence-corrected chi connectivity index (χ1v) is 6.89. The number of nitrogens with one attached hydrogen (secondary N) is 2. The standard InChI is InChI=1S/C8H16N4O6S/c9-6(13)4-5(7(14)15)12-8(16)11-2-1-3-19(10,17)18/h5H,1-4H2,(H2,9,13)(H,14,15)(H2,10,17,18)(H2,11,12,16)/t5-/m1/s1. The Morgan fingerprint density at radius 1 is 1.26 bits per heavy atom. The van der Waals surface area contributed by atoms with Crippen molar-refractivity contribution in [3.8, 4) is 0 Å². The van der Waals surface area contributed by atoms with Gasteiger partial charge in [0, 0.05) is 6.54 Å². The Kier molecular flexibility index (Phi) is 6.79. The number of sulfonamides is 1. The average molecular weight is 296 g/mol. The van der Waals surface area contributed by atoms with E-state index in [1.165, 1.54) is 0 Å². The van der Waals surface area contributed by atoms with Gasteiger partial charge in [0.15, 0.2) is 0 Å². The molecule has 3 amide bonds. The molecule has 0 unspecified atom stereocenters. The first-order valence-electron chi connectivity index (χ1n) is 5.18. The third-order valence-electron chi connectivity index (χ3n) is 1.90. The van der Waals surface area contributed by atoms with Crippen LogP contribution in [0.1, 0.15) is 12.8 Å². The predicted octanol–water partition coefficient (Wildman–Crippen LogP) is -2.71. The molecular formula is C8H16N4O6S. The summed E-state index contributed by atoms with van der Waals surface area (Å²) in [6, 6.07) is -2.28. The monoisotopic (exact) mass is 296 g/mol. The molecule has 0 aromatic carbocycles. The predicted molar refractivity (Wildman–Crippen MR) is 64.4 cm³/mol. The Morgan fingerprint density at radius 3 is 2.26 bits per heavy atom. The maximum atomic E-state index is 11.2. The molecule has 0 rings (SSSR count). The first-order chi connectivity index (χ1) is 8.61. The van der Waals surface area contributed by atoms with Gasteiger partial charge in [0.05, 0.1) is 12.2 Å². The van der Waals surface area contributed by atoms with Crippen molar-refractivity contribution in [3.05, 3.63) is 0 Å². The summed E-state index contributed by atoms with van der Waals surface area (Å²) in [5, 5.41) is 17.7. The van der Waals surface area contributed by atoms with Gasteiger partial charge in [-0.05, 0) is 6.42 Å². The Labute approximate surface area is 109 Å². The SMILES string of the molecule is NC(=O)C[C@@H](NC(=O)NCCCS(N)(=O)=O)C(=O)O. The third-order valence-corrected chi connectivity index (χ3v) is 2.76. The lowest BCUT2D eigenvalue weighted by Gasteiger charge is -2.13. The van der Waals surface area contributed by atoms with Crippen LogP contribution in [0.3, 0.4) is 0 Å². The number of primary amides is 1. The minimum atomic E-state index is -3.60. The molecule has 10 nitrogen and oxygen atoms in total. The molecule has 110 valence electrons. The van der Waals surface area contributed by atoms with Gasteiger partial charge in [0.1, 0.15) is 6.04 Å². The van der Waals surface area contributed by atoms with E-state index in [2.05, 4.69) is 5.32 Å². The van der Waals surface area contributed by atoms with Gasteiger partial charge in [-0.15, -0.1) is 0 Å². The van der Waals surface area contributed by atoms with Crippen LogP contribution in [-0.4, -0.2) is 49.8 Å². The summed E-state index contributed by atoms with van der Waals surface area (Å²) in [6.45, 7) is -0.00876. The molecule has 0 heterocycles. The van der Waals surface area contributed by atoms with E-state index in [1.807, 2.05) is 5.32 Å². The van der Waals surface area contributed by atoms with Crippen molar-refractivity contribution in [2.75, 3.05) is 12.3 Å².